The quantitative estimate of drug-likeness (QED) is 0.643. The Labute approximate surface area is 213 Å². The lowest BCUT2D eigenvalue weighted by Crippen LogP contribution is -2.52. The van der Waals surface area contributed by atoms with Gasteiger partial charge in [-0.1, -0.05) is 0 Å². The maximum absolute atomic E-state index is 14.1. The number of rotatable bonds is 4. The molecule has 0 radical (unpaired) electrons. The number of nitrogens with zero attached hydrogens (tertiary/aromatic N) is 3. The van der Waals surface area contributed by atoms with Crippen molar-refractivity contribution in [2.24, 2.45) is 11.3 Å². The minimum absolute atomic E-state index is 0.0464. The maximum Gasteiger partial charge on any atom is 0.417 e. The Bertz CT molecular complexity index is 1040. The van der Waals surface area contributed by atoms with Gasteiger partial charge in [-0.3, -0.25) is 9.78 Å². The van der Waals surface area contributed by atoms with Gasteiger partial charge < -0.3 is 29.3 Å². The number of pyridine rings is 1. The normalized spacial score (nSPS) is 31.7. The highest BCUT2D eigenvalue weighted by Gasteiger charge is 2.60. The summed E-state index contributed by atoms with van der Waals surface area (Å²) >= 11 is 0. The molecule has 4 heterocycles. The van der Waals surface area contributed by atoms with Gasteiger partial charge in [0, 0.05) is 70.3 Å². The fraction of sp³-hybridized carbons (Fsp3) is 0.720. The second kappa shape index (κ2) is 10.0. The average Bonchev–Trinajstić information content (AvgIpc) is 3.41. The minimum atomic E-state index is -4.50. The zero-order valence-corrected chi connectivity index (χ0v) is 21.1. The lowest BCUT2D eigenvalue weighted by molar-refractivity contribution is -0.143. The van der Waals surface area contributed by atoms with Crippen LogP contribution >= 0.6 is 0 Å². The van der Waals surface area contributed by atoms with Crippen molar-refractivity contribution in [3.8, 4) is 0 Å². The molecule has 4 aliphatic rings. The first-order valence-electron chi connectivity index (χ1n) is 12.7. The molecule has 5 atom stereocenters. The number of amides is 2. The summed E-state index contributed by atoms with van der Waals surface area (Å²) in [5.41, 5.74) is -0.636. The molecule has 0 spiro atoms. The summed E-state index contributed by atoms with van der Waals surface area (Å²) in [7, 11) is 2.97. The summed E-state index contributed by atoms with van der Waals surface area (Å²) in [5.74, 6) is -0.204. The van der Waals surface area contributed by atoms with Gasteiger partial charge in [0.2, 0.25) is 5.91 Å². The number of carbonyl (C=O) groups excluding carboxylic acids is 2. The maximum atomic E-state index is 14.1. The number of fused-ring (bicyclic) bond motifs is 2. The first-order chi connectivity index (χ1) is 17.6. The van der Waals surface area contributed by atoms with E-state index in [1.807, 2.05) is 0 Å². The molecule has 5 rings (SSSR count). The summed E-state index contributed by atoms with van der Waals surface area (Å²) in [6, 6.07) is 1.24. The van der Waals surface area contributed by atoms with E-state index >= 15 is 0 Å². The van der Waals surface area contributed by atoms with E-state index in [0.717, 1.165) is 18.7 Å². The van der Waals surface area contributed by atoms with Crippen molar-refractivity contribution in [2.45, 2.75) is 56.6 Å². The van der Waals surface area contributed by atoms with Crippen LogP contribution in [0.25, 0.3) is 0 Å². The summed E-state index contributed by atoms with van der Waals surface area (Å²) < 4.78 is 55.9. The van der Waals surface area contributed by atoms with Crippen LogP contribution in [-0.4, -0.2) is 92.0 Å². The summed E-state index contributed by atoms with van der Waals surface area (Å²) in [5, 5.41) is 3.68. The Morgan fingerprint density at radius 3 is 2.81 bits per heavy atom. The number of likely N-dealkylation sites (tertiary alicyclic amines) is 1. The molecule has 3 fully saturated rings. The fourth-order valence-corrected chi connectivity index (χ4v) is 6.60. The molecule has 2 saturated heterocycles. The van der Waals surface area contributed by atoms with E-state index < -0.39 is 23.2 Å². The van der Waals surface area contributed by atoms with Crippen LogP contribution < -0.4 is 5.32 Å². The lowest BCUT2D eigenvalue weighted by Gasteiger charge is -2.37. The van der Waals surface area contributed by atoms with Gasteiger partial charge in [-0.15, -0.1) is 0 Å². The van der Waals surface area contributed by atoms with Crippen molar-refractivity contribution < 1.29 is 37.0 Å². The highest BCUT2D eigenvalue weighted by molar-refractivity contribution is 5.86. The van der Waals surface area contributed by atoms with E-state index in [4.69, 9.17) is 14.2 Å². The molecule has 1 N–H and O–H groups in total. The van der Waals surface area contributed by atoms with Crippen LogP contribution in [0.1, 0.15) is 36.1 Å². The molecule has 0 aromatic carbocycles. The van der Waals surface area contributed by atoms with Gasteiger partial charge in [0.25, 0.3) is 0 Å². The summed E-state index contributed by atoms with van der Waals surface area (Å²) in [6.07, 6.45) is -1.78. The first kappa shape index (κ1) is 26.2. The number of ether oxygens (including phenoxy) is 3. The number of alkyl halides is 3. The first-order valence-corrected chi connectivity index (χ1v) is 12.7. The van der Waals surface area contributed by atoms with Crippen molar-refractivity contribution in [3.05, 3.63) is 29.1 Å². The lowest BCUT2D eigenvalue weighted by atomic mass is 9.78. The molecule has 0 unspecified atom stereocenters. The molecule has 3 aliphatic heterocycles. The van der Waals surface area contributed by atoms with Crippen LogP contribution in [0.15, 0.2) is 12.3 Å². The van der Waals surface area contributed by atoms with E-state index in [0.29, 0.717) is 56.8 Å². The Hall–Kier alpha value is -2.44. The third kappa shape index (κ3) is 4.90. The second-order valence-electron chi connectivity index (χ2n) is 10.6. The summed E-state index contributed by atoms with van der Waals surface area (Å²) in [6.45, 7) is 2.22. The van der Waals surface area contributed by atoms with E-state index in [1.54, 1.807) is 16.9 Å². The predicted octanol–water partition coefficient (Wildman–Crippen LogP) is 2.23. The smallest absolute Gasteiger partial charge is 0.417 e. The number of carbonyl (C=O) groups is 2. The zero-order chi connectivity index (χ0) is 26.4. The molecule has 2 amide bonds. The van der Waals surface area contributed by atoms with E-state index in [1.165, 1.54) is 7.11 Å². The summed E-state index contributed by atoms with van der Waals surface area (Å²) in [4.78, 5) is 33.8. The largest absolute Gasteiger partial charge is 0.453 e. The monoisotopic (exact) mass is 526 g/mol. The van der Waals surface area contributed by atoms with Gasteiger partial charge in [0.05, 0.1) is 30.8 Å². The molecule has 0 bridgehead atoms. The van der Waals surface area contributed by atoms with Crippen LogP contribution in [0.5, 0.6) is 0 Å². The molecular formula is C25H33F3N4O5. The number of halogens is 3. The number of methoxy groups -OCH3 is 2. The van der Waals surface area contributed by atoms with Crippen molar-refractivity contribution in [1.82, 2.24) is 20.1 Å². The molecule has 9 nitrogen and oxygen atoms in total. The van der Waals surface area contributed by atoms with Gasteiger partial charge >= 0.3 is 12.3 Å². The third-order valence-electron chi connectivity index (χ3n) is 8.44. The Morgan fingerprint density at radius 2 is 2.08 bits per heavy atom. The predicted molar refractivity (Wildman–Crippen MR) is 124 cm³/mol. The topological polar surface area (TPSA) is 93.2 Å². The van der Waals surface area contributed by atoms with Crippen LogP contribution in [0.2, 0.25) is 0 Å². The van der Waals surface area contributed by atoms with Crippen LogP contribution in [0.4, 0.5) is 18.0 Å². The standard InChI is InChI=1S/C25H33F3N4O5/c1-35-21-13-37-6-4-20(21)30-18-8-17-12-32(23(34)36-2)14-24(17,9-18)22(33)31-5-3-19-15(11-31)7-16(10-29-19)25(26,27)28/h7,10,17-18,20-21,30H,3-6,8-9,11-14H2,1-2H3/t17-,18+,20-,21+,24-/m0/s1. The molecule has 1 aromatic heterocycles. The molecule has 1 aromatic rings. The Morgan fingerprint density at radius 1 is 1.27 bits per heavy atom. The molecular weight excluding hydrogens is 493 g/mol. The second-order valence-corrected chi connectivity index (χ2v) is 10.6. The minimum Gasteiger partial charge on any atom is -0.453 e. The number of hydrogen-bond donors (Lipinski definition) is 1. The third-order valence-corrected chi connectivity index (χ3v) is 8.44. The number of hydrogen-bond acceptors (Lipinski definition) is 7. The van der Waals surface area contributed by atoms with Crippen molar-refractivity contribution in [3.63, 3.8) is 0 Å². The van der Waals surface area contributed by atoms with E-state index in [9.17, 15) is 22.8 Å². The van der Waals surface area contributed by atoms with Crippen LogP contribution in [-0.2, 0) is 38.1 Å². The van der Waals surface area contributed by atoms with Crippen molar-refractivity contribution >= 4 is 12.0 Å². The van der Waals surface area contributed by atoms with Crippen molar-refractivity contribution in [1.29, 1.82) is 0 Å². The van der Waals surface area contributed by atoms with Gasteiger partial charge in [-0.2, -0.15) is 13.2 Å². The van der Waals surface area contributed by atoms with Crippen LogP contribution in [0.3, 0.4) is 0 Å². The van der Waals surface area contributed by atoms with Crippen molar-refractivity contribution in [2.75, 3.05) is 47.1 Å². The van der Waals surface area contributed by atoms with Crippen LogP contribution in [0, 0.1) is 11.3 Å². The molecule has 1 saturated carbocycles. The SMILES string of the molecule is COC(=O)N1C[C@@H]2C[C@@H](N[C@H]3CCOC[C@H]3OC)C[C@]2(C(=O)N2CCc3ncc(C(F)(F)F)cc3C2)C1. The Kier molecular flexibility index (Phi) is 7.10. The Balaban J connectivity index is 1.37. The zero-order valence-electron chi connectivity index (χ0n) is 21.1. The highest BCUT2D eigenvalue weighted by atomic mass is 19.4. The molecule has 12 heteroatoms. The van der Waals surface area contributed by atoms with E-state index in [-0.39, 0.29) is 43.1 Å². The average molecular weight is 527 g/mol. The van der Waals surface area contributed by atoms with Gasteiger partial charge in [0.1, 0.15) is 0 Å². The van der Waals surface area contributed by atoms with E-state index in [2.05, 4.69) is 10.3 Å². The molecule has 1 aliphatic carbocycles. The molecule has 204 valence electrons. The number of aromatic nitrogens is 1. The number of nitrogens with one attached hydrogen (secondary N) is 1. The van der Waals surface area contributed by atoms with Gasteiger partial charge in [0.15, 0.2) is 0 Å². The highest BCUT2D eigenvalue weighted by Crippen LogP contribution is 2.51. The van der Waals surface area contributed by atoms with Gasteiger partial charge in [-0.05, 0) is 36.8 Å². The molecule has 37 heavy (non-hydrogen) atoms. The fourth-order valence-electron chi connectivity index (χ4n) is 6.60. The van der Waals surface area contributed by atoms with Gasteiger partial charge in [-0.25, -0.2) is 4.79 Å².